The van der Waals surface area contributed by atoms with Crippen molar-refractivity contribution < 1.29 is 9.90 Å². The summed E-state index contributed by atoms with van der Waals surface area (Å²) in [5, 5.41) is 8.90. The number of carboxylic acid groups (broad SMARTS) is 1. The summed E-state index contributed by atoms with van der Waals surface area (Å²) in [6.07, 6.45) is 4.32. The molecule has 0 radical (unpaired) electrons. The number of hydrogen-bond acceptors (Lipinski definition) is 6. The molecule has 0 atom stereocenters. The normalized spacial score (nSPS) is 15.5. The van der Waals surface area contributed by atoms with E-state index in [0.29, 0.717) is 5.82 Å². The first-order valence-electron chi connectivity index (χ1n) is 8.13. The molecule has 7 nitrogen and oxygen atoms in total. The Kier molecular flexibility index (Phi) is 5.00. The number of nitrogens with zero attached hydrogens (tertiary/aromatic N) is 5. The third kappa shape index (κ3) is 3.86. The van der Waals surface area contributed by atoms with Crippen LogP contribution in [-0.2, 0) is 11.2 Å². The highest BCUT2D eigenvalue weighted by Gasteiger charge is 2.20. The van der Waals surface area contributed by atoms with Crippen molar-refractivity contribution in [2.75, 3.05) is 37.6 Å². The van der Waals surface area contributed by atoms with Gasteiger partial charge in [-0.05, 0) is 18.6 Å². The Hall–Kier alpha value is -2.54. The molecule has 0 amide bonds. The molecular weight excluding hydrogens is 306 g/mol. The average Bonchev–Trinajstić information content (AvgIpc) is 2.62. The first-order chi connectivity index (χ1) is 11.7. The number of aromatic nitrogens is 3. The lowest BCUT2D eigenvalue weighted by Crippen LogP contribution is -2.48. The number of pyridine rings is 1. The molecule has 2 aromatic heterocycles. The highest BCUT2D eigenvalue weighted by atomic mass is 16.4. The summed E-state index contributed by atoms with van der Waals surface area (Å²) >= 11 is 0. The molecule has 0 aliphatic carbocycles. The minimum Gasteiger partial charge on any atom is -0.480 e. The van der Waals surface area contributed by atoms with Crippen molar-refractivity contribution in [2.24, 2.45) is 0 Å². The zero-order valence-corrected chi connectivity index (χ0v) is 13.7. The number of piperazine rings is 1. The van der Waals surface area contributed by atoms with Crippen LogP contribution in [0.25, 0.3) is 11.4 Å². The van der Waals surface area contributed by atoms with Crippen molar-refractivity contribution in [1.82, 2.24) is 19.9 Å². The van der Waals surface area contributed by atoms with Gasteiger partial charge < -0.3 is 10.0 Å². The van der Waals surface area contributed by atoms with E-state index in [1.165, 1.54) is 0 Å². The molecule has 1 N–H and O–H groups in total. The van der Waals surface area contributed by atoms with Gasteiger partial charge in [0.25, 0.3) is 0 Å². The predicted octanol–water partition coefficient (Wildman–Crippen LogP) is 1.31. The Morgan fingerprint density at radius 3 is 2.50 bits per heavy atom. The Balaban J connectivity index is 1.80. The maximum atomic E-state index is 10.8. The molecule has 24 heavy (non-hydrogen) atoms. The molecule has 1 fully saturated rings. The zero-order valence-electron chi connectivity index (χ0n) is 13.7. The highest BCUT2D eigenvalue weighted by molar-refractivity contribution is 5.69. The van der Waals surface area contributed by atoms with Crippen molar-refractivity contribution in [3.05, 3.63) is 36.3 Å². The van der Waals surface area contributed by atoms with Crippen molar-refractivity contribution in [3.63, 3.8) is 0 Å². The van der Waals surface area contributed by atoms with E-state index in [0.717, 1.165) is 49.7 Å². The fourth-order valence-electron chi connectivity index (χ4n) is 2.78. The molecule has 126 valence electrons. The van der Waals surface area contributed by atoms with Crippen LogP contribution in [0, 0.1) is 0 Å². The van der Waals surface area contributed by atoms with Crippen LogP contribution >= 0.6 is 0 Å². The number of rotatable bonds is 5. The van der Waals surface area contributed by atoms with Crippen LogP contribution in [0.3, 0.4) is 0 Å². The van der Waals surface area contributed by atoms with Crippen molar-refractivity contribution >= 4 is 11.8 Å². The molecule has 1 saturated heterocycles. The van der Waals surface area contributed by atoms with Gasteiger partial charge >= 0.3 is 5.97 Å². The second-order valence-corrected chi connectivity index (χ2v) is 5.79. The van der Waals surface area contributed by atoms with Gasteiger partial charge in [0.2, 0.25) is 0 Å². The monoisotopic (exact) mass is 327 g/mol. The summed E-state index contributed by atoms with van der Waals surface area (Å²) in [5.41, 5.74) is 1.95. The van der Waals surface area contributed by atoms with Gasteiger partial charge in [-0.15, -0.1) is 0 Å². The number of aryl methyl sites for hydroxylation is 1. The number of aliphatic carboxylic acids is 1. The number of hydrogen-bond donors (Lipinski definition) is 1. The maximum absolute atomic E-state index is 10.8. The topological polar surface area (TPSA) is 82.5 Å². The Bertz CT molecular complexity index is 699. The Labute approximate surface area is 141 Å². The van der Waals surface area contributed by atoms with Crippen LogP contribution in [0.4, 0.5) is 5.82 Å². The van der Waals surface area contributed by atoms with E-state index in [-0.39, 0.29) is 6.54 Å². The molecule has 2 aromatic rings. The van der Waals surface area contributed by atoms with Crippen molar-refractivity contribution in [3.8, 4) is 11.4 Å². The summed E-state index contributed by atoms with van der Waals surface area (Å²) in [6.45, 7) is 5.16. The molecule has 3 heterocycles. The third-order valence-electron chi connectivity index (χ3n) is 4.12. The molecule has 0 spiro atoms. The molecule has 0 saturated carbocycles. The summed E-state index contributed by atoms with van der Waals surface area (Å²) in [4.78, 5) is 28.3. The molecule has 0 bridgehead atoms. The largest absolute Gasteiger partial charge is 0.480 e. The van der Waals surface area contributed by atoms with Gasteiger partial charge in [0, 0.05) is 55.9 Å². The fraction of sp³-hybridized carbons (Fsp3) is 0.412. The second kappa shape index (κ2) is 7.35. The average molecular weight is 327 g/mol. The molecule has 3 rings (SSSR count). The minimum absolute atomic E-state index is 0.0973. The zero-order chi connectivity index (χ0) is 16.9. The second-order valence-electron chi connectivity index (χ2n) is 5.79. The summed E-state index contributed by atoms with van der Waals surface area (Å²) in [5.74, 6) is 0.835. The lowest BCUT2D eigenvalue weighted by atomic mass is 10.2. The van der Waals surface area contributed by atoms with Gasteiger partial charge in [-0.2, -0.15) is 0 Å². The van der Waals surface area contributed by atoms with E-state index in [9.17, 15) is 4.79 Å². The van der Waals surface area contributed by atoms with Gasteiger partial charge in [0.15, 0.2) is 5.82 Å². The smallest absolute Gasteiger partial charge is 0.317 e. The fourth-order valence-corrected chi connectivity index (χ4v) is 2.78. The van der Waals surface area contributed by atoms with Crippen LogP contribution in [0.5, 0.6) is 0 Å². The first-order valence-corrected chi connectivity index (χ1v) is 8.13. The van der Waals surface area contributed by atoms with Crippen LogP contribution in [-0.4, -0.2) is 63.7 Å². The van der Waals surface area contributed by atoms with Gasteiger partial charge in [-0.1, -0.05) is 6.92 Å². The third-order valence-corrected chi connectivity index (χ3v) is 4.12. The van der Waals surface area contributed by atoms with Crippen molar-refractivity contribution in [2.45, 2.75) is 13.3 Å². The Morgan fingerprint density at radius 2 is 1.88 bits per heavy atom. The minimum atomic E-state index is -0.779. The standard InChI is InChI=1S/C17H21N5O2/c1-2-14-11-15(20-17(19-14)13-3-5-18-6-4-13)22-9-7-21(8-10-22)12-16(23)24/h3-6,11H,2,7-10,12H2,1H3,(H,23,24). The van der Waals surface area contributed by atoms with E-state index in [1.54, 1.807) is 12.4 Å². The van der Waals surface area contributed by atoms with Crippen LogP contribution in [0.15, 0.2) is 30.6 Å². The maximum Gasteiger partial charge on any atom is 0.317 e. The first kappa shape index (κ1) is 16.3. The van der Waals surface area contributed by atoms with E-state index < -0.39 is 5.97 Å². The predicted molar refractivity (Wildman–Crippen MR) is 90.9 cm³/mol. The number of anilines is 1. The SMILES string of the molecule is CCc1cc(N2CCN(CC(=O)O)CC2)nc(-c2ccncc2)n1. The van der Waals surface area contributed by atoms with Gasteiger partial charge in [-0.25, -0.2) is 9.97 Å². The molecule has 1 aliphatic heterocycles. The summed E-state index contributed by atoms with van der Waals surface area (Å²) in [6, 6.07) is 5.84. The van der Waals surface area contributed by atoms with Crippen molar-refractivity contribution in [1.29, 1.82) is 0 Å². The molecule has 0 unspecified atom stereocenters. The number of carbonyl (C=O) groups is 1. The van der Waals surface area contributed by atoms with E-state index in [4.69, 9.17) is 10.1 Å². The van der Waals surface area contributed by atoms with E-state index >= 15 is 0 Å². The van der Waals surface area contributed by atoms with Gasteiger partial charge in [0.1, 0.15) is 5.82 Å². The number of carboxylic acids is 1. The molecule has 1 aliphatic rings. The lowest BCUT2D eigenvalue weighted by molar-refractivity contribution is -0.138. The summed E-state index contributed by atoms with van der Waals surface area (Å²) < 4.78 is 0. The van der Waals surface area contributed by atoms with Crippen LogP contribution in [0.2, 0.25) is 0 Å². The van der Waals surface area contributed by atoms with E-state index in [1.807, 2.05) is 23.1 Å². The molecule has 7 heteroatoms. The molecule has 0 aromatic carbocycles. The summed E-state index contributed by atoms with van der Waals surface area (Å²) in [7, 11) is 0. The lowest BCUT2D eigenvalue weighted by Gasteiger charge is -2.34. The quantitative estimate of drug-likeness (QED) is 0.886. The van der Waals surface area contributed by atoms with E-state index in [2.05, 4.69) is 21.8 Å². The Morgan fingerprint density at radius 1 is 1.17 bits per heavy atom. The van der Waals surface area contributed by atoms with Gasteiger partial charge in [-0.3, -0.25) is 14.7 Å². The van der Waals surface area contributed by atoms with Crippen LogP contribution < -0.4 is 4.90 Å². The highest BCUT2D eigenvalue weighted by Crippen LogP contribution is 2.21. The van der Waals surface area contributed by atoms with Crippen LogP contribution in [0.1, 0.15) is 12.6 Å². The van der Waals surface area contributed by atoms with Gasteiger partial charge in [0.05, 0.1) is 6.54 Å². The molecular formula is C17H21N5O2.